The van der Waals surface area contributed by atoms with Gasteiger partial charge >= 0.3 is 6.09 Å². The zero-order chi connectivity index (χ0) is 42.9. The molecule has 0 spiro atoms. The third-order valence-electron chi connectivity index (χ3n) is 12.1. The summed E-state index contributed by atoms with van der Waals surface area (Å²) >= 11 is 0. The van der Waals surface area contributed by atoms with Gasteiger partial charge in [-0.25, -0.2) is 9.78 Å². The van der Waals surface area contributed by atoms with Crippen molar-refractivity contribution >= 4 is 35.4 Å². The second kappa shape index (κ2) is 20.9. The highest BCUT2D eigenvalue weighted by Gasteiger charge is 2.44. The maximum atomic E-state index is 13.8. The third kappa shape index (κ3) is 10.2. The van der Waals surface area contributed by atoms with Gasteiger partial charge in [0.25, 0.3) is 0 Å². The van der Waals surface area contributed by atoms with E-state index in [1.165, 1.54) is 7.11 Å². The monoisotopic (exact) mass is 832 g/mol. The molecule has 5 aliphatic rings. The number of H-pyrrole nitrogens is 1. The van der Waals surface area contributed by atoms with Gasteiger partial charge in [-0.15, -0.1) is 0 Å². The predicted molar refractivity (Wildman–Crippen MR) is 228 cm³/mol. The summed E-state index contributed by atoms with van der Waals surface area (Å²) in [5.41, 5.74) is 11.3. The number of aliphatic imine (C=N–C) groups is 2. The Kier molecular flexibility index (Phi) is 15.7. The molecule has 6 rings (SSSR count). The molecule has 1 fully saturated rings. The first kappa shape index (κ1) is 45.1. The Morgan fingerprint density at radius 3 is 2.37 bits per heavy atom. The summed E-state index contributed by atoms with van der Waals surface area (Å²) in [5, 5.41) is 2.72. The molecule has 328 valence electrons. The maximum absolute atomic E-state index is 13.8. The number of aromatic amines is 1. The van der Waals surface area contributed by atoms with Crippen LogP contribution in [0.4, 0.5) is 4.79 Å². The lowest BCUT2D eigenvalue weighted by Gasteiger charge is -2.39. The highest BCUT2D eigenvalue weighted by atomic mass is 16.6. The Hall–Kier alpha value is -4.48. The first-order valence-electron chi connectivity index (χ1n) is 21.3. The molecule has 0 saturated carbocycles. The summed E-state index contributed by atoms with van der Waals surface area (Å²) in [6.07, 6.45) is 16.1. The van der Waals surface area contributed by atoms with Crippen LogP contribution >= 0.6 is 0 Å². The number of carbonyl (C=O) groups excluding carboxylic acids is 3. The summed E-state index contributed by atoms with van der Waals surface area (Å²) in [7, 11) is 4.60. The summed E-state index contributed by atoms with van der Waals surface area (Å²) < 4.78 is 28.9. The van der Waals surface area contributed by atoms with Gasteiger partial charge in [0.15, 0.2) is 6.17 Å². The molecule has 1 aromatic rings. The molecule has 2 aliphatic carbocycles. The first-order valence-corrected chi connectivity index (χ1v) is 21.3. The number of nitrogens with zero attached hydrogens (tertiary/aromatic N) is 5. The molecule has 8 atom stereocenters. The Bertz CT molecular complexity index is 1870. The van der Waals surface area contributed by atoms with Crippen molar-refractivity contribution in [2.24, 2.45) is 33.5 Å². The van der Waals surface area contributed by atoms with Crippen LogP contribution in [0.1, 0.15) is 77.4 Å². The molecule has 4 N–H and O–H groups in total. The maximum Gasteiger partial charge on any atom is 0.407 e. The summed E-state index contributed by atoms with van der Waals surface area (Å²) in [6.45, 7) is 10.4. The number of rotatable bonds is 18. The van der Waals surface area contributed by atoms with Crippen LogP contribution in [-0.2, 0) is 33.3 Å². The van der Waals surface area contributed by atoms with Crippen LogP contribution in [0.2, 0.25) is 0 Å². The molecule has 1 aromatic heterocycles. The smallest absolute Gasteiger partial charge is 0.407 e. The van der Waals surface area contributed by atoms with Gasteiger partial charge < -0.3 is 49.5 Å². The average Bonchev–Trinajstić information content (AvgIpc) is 4.09. The molecule has 3 amide bonds. The van der Waals surface area contributed by atoms with Crippen molar-refractivity contribution in [2.45, 2.75) is 102 Å². The quantitative estimate of drug-likeness (QED) is 0.143. The summed E-state index contributed by atoms with van der Waals surface area (Å²) in [5.74, 6) is 0.219. The molecule has 3 aliphatic heterocycles. The Morgan fingerprint density at radius 2 is 1.68 bits per heavy atom. The minimum absolute atomic E-state index is 0.0359. The molecule has 0 radical (unpaired) electrons. The number of methoxy groups -OCH3 is 3. The molecular formula is C44H64N8O8. The number of ether oxygens (including phenoxy) is 5. The number of nitrogens with one attached hydrogen (secondary N) is 2. The predicted octanol–water partition coefficient (Wildman–Crippen LogP) is 4.17. The van der Waals surface area contributed by atoms with Crippen LogP contribution in [0.15, 0.2) is 57.7 Å². The van der Waals surface area contributed by atoms with Crippen molar-refractivity contribution in [1.29, 1.82) is 0 Å². The van der Waals surface area contributed by atoms with Crippen molar-refractivity contribution in [3.05, 3.63) is 59.2 Å². The number of likely N-dealkylation sites (tertiary alicyclic amines) is 1. The molecule has 60 heavy (non-hydrogen) atoms. The minimum atomic E-state index is -0.721. The molecular weight excluding hydrogens is 769 g/mol. The van der Waals surface area contributed by atoms with Crippen LogP contribution in [0.5, 0.6) is 0 Å². The van der Waals surface area contributed by atoms with E-state index in [-0.39, 0.29) is 41.7 Å². The van der Waals surface area contributed by atoms with Gasteiger partial charge in [-0.3, -0.25) is 19.6 Å². The van der Waals surface area contributed by atoms with E-state index in [1.807, 2.05) is 57.2 Å². The summed E-state index contributed by atoms with van der Waals surface area (Å²) in [6, 6.07) is -1.81. The van der Waals surface area contributed by atoms with Crippen molar-refractivity contribution < 1.29 is 38.1 Å². The lowest BCUT2D eigenvalue weighted by molar-refractivity contribution is -0.135. The number of aromatic nitrogens is 2. The topological polar surface area (TPSA) is 195 Å². The number of nitrogens with two attached hydrogens (primary N) is 1. The fraction of sp³-hybridized carbons (Fsp3) is 0.636. The lowest BCUT2D eigenvalue weighted by Crippen LogP contribution is -2.54. The van der Waals surface area contributed by atoms with E-state index in [9.17, 15) is 14.4 Å². The van der Waals surface area contributed by atoms with Crippen LogP contribution in [0.25, 0.3) is 5.57 Å². The van der Waals surface area contributed by atoms with E-state index >= 15 is 0 Å². The van der Waals surface area contributed by atoms with Gasteiger partial charge in [0, 0.05) is 39.4 Å². The molecule has 8 unspecified atom stereocenters. The fourth-order valence-electron chi connectivity index (χ4n) is 8.63. The summed E-state index contributed by atoms with van der Waals surface area (Å²) in [4.78, 5) is 60.9. The Morgan fingerprint density at radius 1 is 0.950 bits per heavy atom. The zero-order valence-corrected chi connectivity index (χ0v) is 36.2. The SMILES string of the molecule is COCCOC1C(C2=CC=C(c3cnc(C4C=CCN4C(=O)C(N)C(C)C)[nH]3)CC2)=CCC(C2=NC(C3CCCN3C(=O)C(NC(=O)OC)C(C)C)N=C2)C1OCCOC. The van der Waals surface area contributed by atoms with E-state index in [0.717, 1.165) is 53.8 Å². The van der Waals surface area contributed by atoms with Gasteiger partial charge in [0.05, 0.1) is 69.3 Å². The zero-order valence-electron chi connectivity index (χ0n) is 36.2. The molecule has 4 heterocycles. The second-order valence-corrected chi connectivity index (χ2v) is 16.7. The van der Waals surface area contributed by atoms with E-state index in [4.69, 9.17) is 44.4 Å². The van der Waals surface area contributed by atoms with Gasteiger partial charge in [-0.1, -0.05) is 58.1 Å². The van der Waals surface area contributed by atoms with Crippen LogP contribution in [-0.4, -0.2) is 147 Å². The van der Waals surface area contributed by atoms with E-state index in [0.29, 0.717) is 51.8 Å². The van der Waals surface area contributed by atoms with Crippen LogP contribution in [0.3, 0.4) is 0 Å². The first-order chi connectivity index (χ1) is 29.0. The number of allylic oxidation sites excluding steroid dienone is 4. The van der Waals surface area contributed by atoms with Crippen molar-refractivity contribution in [3.8, 4) is 0 Å². The third-order valence-corrected chi connectivity index (χ3v) is 12.1. The van der Waals surface area contributed by atoms with E-state index in [2.05, 4.69) is 28.5 Å². The van der Waals surface area contributed by atoms with Crippen molar-refractivity contribution in [3.63, 3.8) is 0 Å². The number of imidazole rings is 1. The number of hydrogen-bond acceptors (Lipinski definition) is 12. The van der Waals surface area contributed by atoms with Gasteiger partial charge in [-0.05, 0) is 60.7 Å². The standard InChI is InChI=1S/C44H64N8O8/c1-26(2)36(45)42(53)51-18-8-10-34(51)40-46-24-32(48-40)29-14-12-28(13-15-29)30-16-17-31(39(60-23-21-57-6)38(30)59-22-20-56-5)33-25-47-41(49-33)35-11-9-19-52(35)43(54)37(27(3)4)50-44(55)58-7/h8,10,12,14,16,24-27,31,34-39,41H,9,11,13,15,17-23,45H2,1-7H3,(H,46,48)(H,50,55). The number of hydrogen-bond donors (Lipinski definition) is 3. The largest absolute Gasteiger partial charge is 0.453 e. The fourth-order valence-corrected chi connectivity index (χ4v) is 8.63. The molecule has 0 bridgehead atoms. The normalized spacial score (nSPS) is 26.3. The van der Waals surface area contributed by atoms with Crippen molar-refractivity contribution in [1.82, 2.24) is 25.1 Å². The Balaban J connectivity index is 1.22. The van der Waals surface area contributed by atoms with E-state index < -0.39 is 36.6 Å². The molecule has 1 saturated heterocycles. The molecule has 16 nitrogen and oxygen atoms in total. The van der Waals surface area contributed by atoms with Gasteiger partial charge in [0.2, 0.25) is 11.8 Å². The van der Waals surface area contributed by atoms with Gasteiger partial charge in [0.1, 0.15) is 24.0 Å². The number of alkyl carbamates (subject to hydrolysis) is 1. The van der Waals surface area contributed by atoms with E-state index in [1.54, 1.807) is 19.1 Å². The Labute approximate surface area is 353 Å². The molecule has 16 heteroatoms. The highest BCUT2D eigenvalue weighted by Crippen LogP contribution is 2.40. The highest BCUT2D eigenvalue weighted by molar-refractivity contribution is 6.33. The van der Waals surface area contributed by atoms with Crippen LogP contribution in [0, 0.1) is 17.8 Å². The van der Waals surface area contributed by atoms with Crippen molar-refractivity contribution in [2.75, 3.05) is 60.8 Å². The lowest BCUT2D eigenvalue weighted by atomic mass is 9.77. The number of amides is 3. The second-order valence-electron chi connectivity index (χ2n) is 16.7. The number of carbonyl (C=O) groups is 3. The molecule has 0 aromatic carbocycles. The van der Waals surface area contributed by atoms with Crippen LogP contribution < -0.4 is 11.1 Å². The van der Waals surface area contributed by atoms with Gasteiger partial charge in [-0.2, -0.15) is 0 Å². The minimum Gasteiger partial charge on any atom is -0.453 e. The average molecular weight is 833 g/mol.